The summed E-state index contributed by atoms with van der Waals surface area (Å²) in [7, 11) is 0. The first-order valence-corrected chi connectivity index (χ1v) is 12.6. The van der Waals surface area contributed by atoms with Crippen molar-refractivity contribution < 1.29 is 22.4 Å². The number of anilines is 3. The van der Waals surface area contributed by atoms with E-state index in [9.17, 15) is 22.4 Å². The standard InChI is InChI=1S/C24H26ClF4N7O/c25-16-9-13(26)10-17(27)19(16)34-23-33-18-11-31-22(32-14-5-7-24(28,29)8-6-14)35-21(18)36(23)15-3-1-12(2-4-15)20(30)37/h9-12,14-15H,1-8H2,(H2,30,37)(H,33,34)(H,31,32,35). The van der Waals surface area contributed by atoms with Crippen molar-refractivity contribution in [1.82, 2.24) is 19.5 Å². The summed E-state index contributed by atoms with van der Waals surface area (Å²) in [5.74, 6) is -4.43. The number of nitrogens with one attached hydrogen (secondary N) is 2. The molecule has 2 aliphatic rings. The minimum atomic E-state index is -2.65. The van der Waals surface area contributed by atoms with Crippen LogP contribution in [0.15, 0.2) is 18.3 Å². The predicted molar refractivity (Wildman–Crippen MR) is 131 cm³/mol. The summed E-state index contributed by atoms with van der Waals surface area (Å²) in [4.78, 5) is 25.1. The topological polar surface area (TPSA) is 111 Å². The molecular weight excluding hydrogens is 514 g/mol. The molecule has 0 radical (unpaired) electrons. The number of imidazole rings is 1. The lowest BCUT2D eigenvalue weighted by Crippen LogP contribution is -2.32. The lowest BCUT2D eigenvalue weighted by molar-refractivity contribution is -0.122. The molecule has 0 unspecified atom stereocenters. The number of primary amides is 1. The second kappa shape index (κ2) is 9.96. The number of nitrogens with zero attached hydrogens (tertiary/aromatic N) is 4. The molecule has 2 aromatic heterocycles. The SMILES string of the molecule is NC(=O)C1CCC(n2c(Nc3c(F)cc(F)cc3Cl)nc3cnc(NC4CCC(F)(F)CC4)nc32)CC1. The highest BCUT2D eigenvalue weighted by atomic mass is 35.5. The zero-order valence-corrected chi connectivity index (χ0v) is 20.5. The molecule has 0 atom stereocenters. The Morgan fingerprint density at radius 3 is 2.43 bits per heavy atom. The molecule has 1 amide bonds. The molecule has 5 rings (SSSR count). The Morgan fingerprint density at radius 2 is 1.78 bits per heavy atom. The van der Waals surface area contributed by atoms with Gasteiger partial charge in [-0.2, -0.15) is 4.98 Å². The molecule has 8 nitrogen and oxygen atoms in total. The van der Waals surface area contributed by atoms with Gasteiger partial charge in [-0.05, 0) is 44.6 Å². The van der Waals surface area contributed by atoms with Crippen LogP contribution in [0.3, 0.4) is 0 Å². The number of amides is 1. The fourth-order valence-electron chi connectivity index (χ4n) is 5.15. The van der Waals surface area contributed by atoms with Gasteiger partial charge in [0.15, 0.2) is 11.5 Å². The minimum Gasteiger partial charge on any atom is -0.369 e. The third kappa shape index (κ3) is 5.43. The zero-order valence-electron chi connectivity index (χ0n) is 19.8. The summed E-state index contributed by atoms with van der Waals surface area (Å²) in [5, 5.41) is 5.87. The van der Waals surface area contributed by atoms with Crippen LogP contribution in [-0.4, -0.2) is 37.4 Å². The lowest BCUT2D eigenvalue weighted by atomic mass is 9.85. The summed E-state index contributed by atoms with van der Waals surface area (Å²) in [6.45, 7) is 0. The molecule has 2 fully saturated rings. The summed E-state index contributed by atoms with van der Waals surface area (Å²) in [6, 6.07) is 1.37. The first kappa shape index (κ1) is 25.5. The van der Waals surface area contributed by atoms with E-state index in [0.717, 1.165) is 12.1 Å². The van der Waals surface area contributed by atoms with Gasteiger partial charge in [-0.1, -0.05) is 11.6 Å². The Morgan fingerprint density at radius 1 is 1.08 bits per heavy atom. The molecule has 2 heterocycles. The van der Waals surface area contributed by atoms with E-state index in [4.69, 9.17) is 17.3 Å². The van der Waals surface area contributed by atoms with E-state index in [1.165, 1.54) is 6.20 Å². The van der Waals surface area contributed by atoms with Crippen molar-refractivity contribution in [3.63, 3.8) is 0 Å². The molecule has 37 heavy (non-hydrogen) atoms. The van der Waals surface area contributed by atoms with Gasteiger partial charge in [0.1, 0.15) is 11.3 Å². The van der Waals surface area contributed by atoms with E-state index in [1.54, 1.807) is 4.57 Å². The zero-order chi connectivity index (χ0) is 26.3. The van der Waals surface area contributed by atoms with E-state index >= 15 is 0 Å². The Bertz CT molecular complexity index is 1290. The fourth-order valence-corrected chi connectivity index (χ4v) is 5.40. The number of carbonyl (C=O) groups excluding carboxylic acids is 1. The Hall–Kier alpha value is -3.15. The molecule has 2 aliphatic carbocycles. The van der Waals surface area contributed by atoms with Gasteiger partial charge in [-0.25, -0.2) is 27.5 Å². The second-order valence-electron chi connectivity index (χ2n) is 9.76. The van der Waals surface area contributed by atoms with E-state index in [2.05, 4.69) is 25.6 Å². The molecule has 1 aromatic carbocycles. The maximum absolute atomic E-state index is 14.6. The van der Waals surface area contributed by atoms with Crippen molar-refractivity contribution in [2.24, 2.45) is 11.7 Å². The predicted octanol–water partition coefficient (Wildman–Crippen LogP) is 5.71. The Kier molecular flexibility index (Phi) is 6.86. The van der Waals surface area contributed by atoms with Crippen LogP contribution in [0.2, 0.25) is 5.02 Å². The quantitative estimate of drug-likeness (QED) is 0.346. The molecule has 13 heteroatoms. The fraction of sp³-hybridized carbons (Fsp3) is 0.500. The summed E-state index contributed by atoms with van der Waals surface area (Å²) < 4.78 is 57.1. The van der Waals surface area contributed by atoms with Gasteiger partial charge in [-0.15, -0.1) is 0 Å². The summed E-state index contributed by atoms with van der Waals surface area (Å²) in [5.41, 5.74) is 6.21. The van der Waals surface area contributed by atoms with Crippen LogP contribution in [0.4, 0.5) is 35.1 Å². The molecule has 0 bridgehead atoms. The van der Waals surface area contributed by atoms with Crippen molar-refractivity contribution in [1.29, 1.82) is 0 Å². The van der Waals surface area contributed by atoms with Crippen molar-refractivity contribution in [2.75, 3.05) is 10.6 Å². The first-order valence-electron chi connectivity index (χ1n) is 12.2. The Balaban J connectivity index is 1.49. The van der Waals surface area contributed by atoms with Gasteiger partial charge < -0.3 is 16.4 Å². The lowest BCUT2D eigenvalue weighted by Gasteiger charge is -2.29. The summed E-state index contributed by atoms with van der Waals surface area (Å²) in [6.07, 6.45) is 4.00. The van der Waals surface area contributed by atoms with Crippen molar-refractivity contribution in [2.45, 2.75) is 69.4 Å². The third-order valence-corrected chi connectivity index (χ3v) is 7.49. The van der Waals surface area contributed by atoms with Crippen LogP contribution < -0.4 is 16.4 Å². The third-order valence-electron chi connectivity index (χ3n) is 7.19. The molecule has 198 valence electrons. The largest absolute Gasteiger partial charge is 0.369 e. The molecule has 0 spiro atoms. The second-order valence-corrected chi connectivity index (χ2v) is 10.2. The van der Waals surface area contributed by atoms with Crippen LogP contribution in [0.1, 0.15) is 57.4 Å². The average Bonchev–Trinajstić information content (AvgIpc) is 3.20. The monoisotopic (exact) mass is 539 g/mol. The van der Waals surface area contributed by atoms with Crippen LogP contribution in [0, 0.1) is 17.6 Å². The van der Waals surface area contributed by atoms with Gasteiger partial charge >= 0.3 is 0 Å². The van der Waals surface area contributed by atoms with Crippen LogP contribution in [0.5, 0.6) is 0 Å². The van der Waals surface area contributed by atoms with Gasteiger partial charge in [-0.3, -0.25) is 9.36 Å². The van der Waals surface area contributed by atoms with Crippen molar-refractivity contribution >= 4 is 46.3 Å². The van der Waals surface area contributed by atoms with Gasteiger partial charge in [0.2, 0.25) is 23.7 Å². The molecular formula is C24H26ClF4N7O. The van der Waals surface area contributed by atoms with Gasteiger partial charge in [0.25, 0.3) is 0 Å². The molecule has 0 aliphatic heterocycles. The molecule has 4 N–H and O–H groups in total. The number of hydrogen-bond donors (Lipinski definition) is 3. The average molecular weight is 540 g/mol. The smallest absolute Gasteiger partial charge is 0.248 e. The Labute approximate surface area is 215 Å². The number of halogens is 5. The van der Waals surface area contributed by atoms with Gasteiger partial charge in [0, 0.05) is 36.9 Å². The number of benzene rings is 1. The maximum Gasteiger partial charge on any atom is 0.248 e. The van der Waals surface area contributed by atoms with E-state index in [1.807, 2.05) is 0 Å². The maximum atomic E-state index is 14.6. The van der Waals surface area contributed by atoms with E-state index in [-0.39, 0.29) is 59.4 Å². The van der Waals surface area contributed by atoms with Crippen LogP contribution >= 0.6 is 11.6 Å². The molecule has 2 saturated carbocycles. The molecule has 3 aromatic rings. The van der Waals surface area contributed by atoms with E-state index < -0.39 is 17.6 Å². The minimum absolute atomic E-state index is 0.139. The molecule has 0 saturated heterocycles. The van der Waals surface area contributed by atoms with Crippen molar-refractivity contribution in [3.8, 4) is 0 Å². The highest BCUT2D eigenvalue weighted by molar-refractivity contribution is 6.33. The number of rotatable bonds is 6. The first-order chi connectivity index (χ1) is 17.6. The number of aromatic nitrogens is 4. The number of carbonyl (C=O) groups is 1. The highest BCUT2D eigenvalue weighted by Gasteiger charge is 2.35. The number of alkyl halides is 2. The summed E-state index contributed by atoms with van der Waals surface area (Å²) >= 11 is 6.11. The van der Waals surface area contributed by atoms with Crippen molar-refractivity contribution in [3.05, 3.63) is 35.0 Å². The number of nitrogens with two attached hydrogens (primary N) is 1. The van der Waals surface area contributed by atoms with E-state index in [0.29, 0.717) is 49.7 Å². The van der Waals surface area contributed by atoms with Gasteiger partial charge in [0.05, 0.1) is 16.9 Å². The number of hydrogen-bond acceptors (Lipinski definition) is 6. The normalized spacial score (nSPS) is 22.2. The number of fused-ring (bicyclic) bond motifs is 1. The van der Waals surface area contributed by atoms with Crippen LogP contribution in [-0.2, 0) is 4.79 Å². The van der Waals surface area contributed by atoms with Crippen LogP contribution in [0.25, 0.3) is 11.2 Å². The highest BCUT2D eigenvalue weighted by Crippen LogP contribution is 2.39.